The van der Waals surface area contributed by atoms with Crippen molar-refractivity contribution in [3.63, 3.8) is 0 Å². The van der Waals surface area contributed by atoms with Gasteiger partial charge in [-0.2, -0.15) is 0 Å². The van der Waals surface area contributed by atoms with Gasteiger partial charge in [0.2, 0.25) is 5.91 Å². The molecule has 1 aliphatic rings. The fourth-order valence-electron chi connectivity index (χ4n) is 3.67. The predicted octanol–water partition coefficient (Wildman–Crippen LogP) is 3.33. The van der Waals surface area contributed by atoms with Gasteiger partial charge in [0, 0.05) is 48.0 Å². The summed E-state index contributed by atoms with van der Waals surface area (Å²) >= 11 is 5.86. The first-order chi connectivity index (χ1) is 15.5. The van der Waals surface area contributed by atoms with E-state index < -0.39 is 5.97 Å². The summed E-state index contributed by atoms with van der Waals surface area (Å²) in [6.45, 7) is 8.62. The molecule has 1 saturated heterocycles. The Morgan fingerprint density at radius 1 is 1.00 bits per heavy atom. The zero-order valence-electron chi connectivity index (χ0n) is 19.0. The van der Waals surface area contributed by atoms with Crippen molar-refractivity contribution < 1.29 is 19.5 Å². The molecule has 0 unspecified atom stereocenters. The number of benzene rings is 2. The van der Waals surface area contributed by atoms with E-state index in [1.807, 2.05) is 25.7 Å². The summed E-state index contributed by atoms with van der Waals surface area (Å²) < 4.78 is 0. The molecule has 0 aliphatic carbocycles. The maximum atomic E-state index is 12.5. The first-order valence-electron chi connectivity index (χ1n) is 10.7. The van der Waals surface area contributed by atoms with Crippen molar-refractivity contribution >= 4 is 40.8 Å². The Morgan fingerprint density at radius 2 is 1.64 bits per heavy atom. The zero-order chi connectivity index (χ0) is 24.2. The quantitative estimate of drug-likeness (QED) is 0.596. The van der Waals surface area contributed by atoms with Crippen LogP contribution < -0.4 is 15.5 Å². The molecule has 0 spiro atoms. The summed E-state index contributed by atoms with van der Waals surface area (Å²) in [5, 5.41) is 16.0. The second-order valence-electron chi connectivity index (χ2n) is 9.06. The Kier molecular flexibility index (Phi) is 7.61. The molecule has 0 radical (unpaired) electrons. The minimum atomic E-state index is -1.07. The molecule has 3 N–H and O–H groups in total. The molecule has 9 heteroatoms. The van der Waals surface area contributed by atoms with Gasteiger partial charge >= 0.3 is 5.97 Å². The van der Waals surface area contributed by atoms with Crippen LogP contribution >= 0.6 is 11.6 Å². The molecule has 0 bridgehead atoms. The van der Waals surface area contributed by atoms with Crippen molar-refractivity contribution in [3.05, 3.63) is 58.6 Å². The lowest BCUT2D eigenvalue weighted by molar-refractivity contribution is -0.123. The molecule has 1 fully saturated rings. The number of carboxylic acids is 1. The van der Waals surface area contributed by atoms with Gasteiger partial charge in [-0.25, -0.2) is 4.79 Å². The average molecular weight is 473 g/mol. The van der Waals surface area contributed by atoms with Gasteiger partial charge in [-0.3, -0.25) is 14.5 Å². The number of nitrogens with one attached hydrogen (secondary N) is 2. The van der Waals surface area contributed by atoms with Crippen LogP contribution in [0.4, 0.5) is 11.4 Å². The molecule has 1 aliphatic heterocycles. The lowest BCUT2D eigenvalue weighted by Gasteiger charge is -2.36. The van der Waals surface area contributed by atoms with Crippen LogP contribution in [-0.4, -0.2) is 66.1 Å². The van der Waals surface area contributed by atoms with Crippen LogP contribution in [0, 0.1) is 0 Å². The lowest BCUT2D eigenvalue weighted by atomic mass is 10.1. The Balaban J connectivity index is 1.65. The zero-order valence-corrected chi connectivity index (χ0v) is 19.8. The standard InChI is InChI=1S/C24H29ClN4O4/c1-24(2,3)27-21(30)15-28-10-12-29(13-11-28)20-9-8-18(14-19(20)23(32)33)26-22(31)16-4-6-17(25)7-5-16/h4-9,14H,10-13,15H2,1-3H3,(H,26,31)(H,27,30)(H,32,33). The van der Waals surface area contributed by atoms with E-state index in [9.17, 15) is 19.5 Å². The Labute approximate surface area is 198 Å². The normalized spacial score (nSPS) is 14.6. The highest BCUT2D eigenvalue weighted by atomic mass is 35.5. The van der Waals surface area contributed by atoms with Crippen LogP contribution in [0.3, 0.4) is 0 Å². The summed E-state index contributed by atoms with van der Waals surface area (Å²) in [6, 6.07) is 11.3. The van der Waals surface area contributed by atoms with Crippen molar-refractivity contribution in [1.29, 1.82) is 0 Å². The second kappa shape index (κ2) is 10.2. The Bertz CT molecular complexity index is 1030. The molecular formula is C24H29ClN4O4. The fraction of sp³-hybridized carbons (Fsp3) is 0.375. The van der Waals surface area contributed by atoms with E-state index in [1.165, 1.54) is 6.07 Å². The number of rotatable bonds is 6. The van der Waals surface area contributed by atoms with Crippen LogP contribution in [-0.2, 0) is 4.79 Å². The van der Waals surface area contributed by atoms with Gasteiger partial charge in [0.25, 0.3) is 5.91 Å². The first-order valence-corrected chi connectivity index (χ1v) is 11.1. The van der Waals surface area contributed by atoms with E-state index in [4.69, 9.17) is 11.6 Å². The number of piperazine rings is 1. The van der Waals surface area contributed by atoms with Gasteiger partial charge in [-0.05, 0) is 63.2 Å². The third-order valence-electron chi connectivity index (χ3n) is 5.19. The minimum absolute atomic E-state index is 0.0250. The van der Waals surface area contributed by atoms with Crippen molar-refractivity contribution in [1.82, 2.24) is 10.2 Å². The number of aromatic carboxylic acids is 1. The van der Waals surface area contributed by atoms with Gasteiger partial charge in [0.05, 0.1) is 17.8 Å². The maximum Gasteiger partial charge on any atom is 0.337 e. The van der Waals surface area contributed by atoms with Crippen molar-refractivity contribution in [2.75, 3.05) is 42.9 Å². The predicted molar refractivity (Wildman–Crippen MR) is 129 cm³/mol. The summed E-state index contributed by atoms with van der Waals surface area (Å²) in [6.07, 6.45) is 0. The van der Waals surface area contributed by atoms with Crippen LogP contribution in [0.25, 0.3) is 0 Å². The summed E-state index contributed by atoms with van der Waals surface area (Å²) in [5.74, 6) is -1.44. The number of carbonyl (C=O) groups excluding carboxylic acids is 2. The fourth-order valence-corrected chi connectivity index (χ4v) is 3.80. The van der Waals surface area contributed by atoms with E-state index in [0.717, 1.165) is 0 Å². The number of halogens is 1. The Morgan fingerprint density at radius 3 is 2.21 bits per heavy atom. The van der Waals surface area contributed by atoms with E-state index in [-0.39, 0.29) is 22.9 Å². The Hall–Kier alpha value is -3.10. The first kappa shape index (κ1) is 24.5. The number of anilines is 2. The van der Waals surface area contributed by atoms with Crippen LogP contribution in [0.1, 0.15) is 41.5 Å². The molecule has 0 aromatic heterocycles. The monoisotopic (exact) mass is 472 g/mol. The highest BCUT2D eigenvalue weighted by molar-refractivity contribution is 6.30. The molecule has 0 atom stereocenters. The number of nitrogens with zero attached hydrogens (tertiary/aromatic N) is 2. The van der Waals surface area contributed by atoms with Crippen LogP contribution in [0.2, 0.25) is 5.02 Å². The van der Waals surface area contributed by atoms with Crippen molar-refractivity contribution in [3.8, 4) is 0 Å². The minimum Gasteiger partial charge on any atom is -0.478 e. The highest BCUT2D eigenvalue weighted by Crippen LogP contribution is 2.26. The van der Waals surface area contributed by atoms with Gasteiger partial charge in [-0.1, -0.05) is 11.6 Å². The third kappa shape index (κ3) is 6.94. The van der Waals surface area contributed by atoms with Crippen molar-refractivity contribution in [2.45, 2.75) is 26.3 Å². The van der Waals surface area contributed by atoms with Crippen LogP contribution in [0.5, 0.6) is 0 Å². The molecule has 8 nitrogen and oxygen atoms in total. The number of hydrogen-bond acceptors (Lipinski definition) is 5. The number of carbonyl (C=O) groups is 3. The van der Waals surface area contributed by atoms with E-state index in [0.29, 0.717) is 54.7 Å². The van der Waals surface area contributed by atoms with Crippen molar-refractivity contribution in [2.24, 2.45) is 0 Å². The highest BCUT2D eigenvalue weighted by Gasteiger charge is 2.24. The molecular weight excluding hydrogens is 444 g/mol. The summed E-state index contributed by atoms with van der Waals surface area (Å²) in [4.78, 5) is 40.6. The molecule has 33 heavy (non-hydrogen) atoms. The van der Waals surface area contributed by atoms with E-state index in [1.54, 1.807) is 36.4 Å². The van der Waals surface area contributed by atoms with E-state index >= 15 is 0 Å². The number of amides is 2. The average Bonchev–Trinajstić information content (AvgIpc) is 2.73. The molecule has 2 amide bonds. The molecule has 3 rings (SSSR count). The topological polar surface area (TPSA) is 102 Å². The molecule has 0 saturated carbocycles. The van der Waals surface area contributed by atoms with Gasteiger partial charge in [0.1, 0.15) is 0 Å². The largest absolute Gasteiger partial charge is 0.478 e. The second-order valence-corrected chi connectivity index (χ2v) is 9.50. The molecule has 176 valence electrons. The van der Waals surface area contributed by atoms with Gasteiger partial charge in [0.15, 0.2) is 0 Å². The van der Waals surface area contributed by atoms with E-state index in [2.05, 4.69) is 15.5 Å². The van der Waals surface area contributed by atoms with Gasteiger partial charge in [-0.15, -0.1) is 0 Å². The molecule has 1 heterocycles. The van der Waals surface area contributed by atoms with Gasteiger partial charge < -0.3 is 20.6 Å². The molecule has 2 aromatic carbocycles. The molecule has 2 aromatic rings. The SMILES string of the molecule is CC(C)(C)NC(=O)CN1CCN(c2ccc(NC(=O)c3ccc(Cl)cc3)cc2C(=O)O)CC1. The number of carboxylic acid groups (broad SMARTS) is 1. The van der Waals surface area contributed by atoms with Crippen LogP contribution in [0.15, 0.2) is 42.5 Å². The smallest absolute Gasteiger partial charge is 0.337 e. The lowest BCUT2D eigenvalue weighted by Crippen LogP contribution is -2.52. The maximum absolute atomic E-state index is 12.5. The number of hydrogen-bond donors (Lipinski definition) is 3. The summed E-state index contributed by atoms with van der Waals surface area (Å²) in [5.41, 5.74) is 1.24. The summed E-state index contributed by atoms with van der Waals surface area (Å²) in [7, 11) is 0. The third-order valence-corrected chi connectivity index (χ3v) is 5.44.